The van der Waals surface area contributed by atoms with E-state index in [1.807, 2.05) is 13.0 Å². The van der Waals surface area contributed by atoms with Crippen molar-refractivity contribution in [3.63, 3.8) is 0 Å². The minimum atomic E-state index is -4.56. The first-order valence-electron chi connectivity index (χ1n) is 5.68. The molecule has 1 N–H and O–H groups in total. The highest BCUT2D eigenvalue weighted by atomic mass is 19.4. The Bertz CT molecular complexity index is 680. The summed E-state index contributed by atoms with van der Waals surface area (Å²) < 4.78 is 39.2. The van der Waals surface area contributed by atoms with E-state index in [1.165, 1.54) is 6.92 Å². The van der Waals surface area contributed by atoms with Crippen molar-refractivity contribution in [2.45, 2.75) is 26.9 Å². The largest absolute Gasteiger partial charge is 0.433 e. The second-order valence-corrected chi connectivity index (χ2v) is 4.54. The molecular formula is C13H13F3N2O. The zero-order valence-corrected chi connectivity index (χ0v) is 10.7. The maximum atomic E-state index is 12.8. The molecule has 0 atom stereocenters. The van der Waals surface area contributed by atoms with Crippen LogP contribution in [0.4, 0.5) is 13.2 Å². The van der Waals surface area contributed by atoms with Gasteiger partial charge in [-0.25, -0.2) is 4.68 Å². The SMILES string of the molecule is Cc1ccc(C)c(-n2[nH]c(C(F)(F)F)c(C)c2=O)c1. The average molecular weight is 270 g/mol. The van der Waals surface area contributed by atoms with Crippen molar-refractivity contribution < 1.29 is 13.2 Å². The van der Waals surface area contributed by atoms with Gasteiger partial charge in [0.25, 0.3) is 5.56 Å². The third-order valence-corrected chi connectivity index (χ3v) is 3.01. The van der Waals surface area contributed by atoms with Crippen LogP contribution in [0, 0.1) is 20.8 Å². The number of hydrogen-bond acceptors (Lipinski definition) is 1. The Morgan fingerprint density at radius 2 is 1.79 bits per heavy atom. The molecule has 3 nitrogen and oxygen atoms in total. The maximum Gasteiger partial charge on any atom is 0.433 e. The molecule has 0 unspecified atom stereocenters. The molecule has 0 aliphatic carbocycles. The van der Waals surface area contributed by atoms with Gasteiger partial charge in [-0.2, -0.15) is 13.2 Å². The van der Waals surface area contributed by atoms with Crippen LogP contribution in [-0.4, -0.2) is 9.78 Å². The molecule has 0 aliphatic heterocycles. The quantitative estimate of drug-likeness (QED) is 0.849. The lowest BCUT2D eigenvalue weighted by atomic mass is 10.1. The van der Waals surface area contributed by atoms with E-state index >= 15 is 0 Å². The van der Waals surface area contributed by atoms with E-state index in [1.54, 1.807) is 19.1 Å². The second kappa shape index (κ2) is 4.29. The van der Waals surface area contributed by atoms with Crippen molar-refractivity contribution in [2.75, 3.05) is 0 Å². The molecule has 102 valence electrons. The number of aryl methyl sites for hydroxylation is 2. The normalized spacial score (nSPS) is 11.9. The number of rotatable bonds is 1. The summed E-state index contributed by atoms with van der Waals surface area (Å²) >= 11 is 0. The number of hydrogen-bond donors (Lipinski definition) is 1. The summed E-state index contributed by atoms with van der Waals surface area (Å²) in [4.78, 5) is 11.9. The van der Waals surface area contributed by atoms with Crippen molar-refractivity contribution in [3.05, 3.63) is 50.9 Å². The summed E-state index contributed by atoms with van der Waals surface area (Å²) in [6.07, 6.45) is -4.56. The molecule has 6 heteroatoms. The number of benzene rings is 1. The van der Waals surface area contributed by atoms with Crippen LogP contribution in [0.15, 0.2) is 23.0 Å². The number of H-pyrrole nitrogens is 1. The molecule has 1 aromatic heterocycles. The van der Waals surface area contributed by atoms with Crippen LogP contribution in [0.1, 0.15) is 22.4 Å². The van der Waals surface area contributed by atoms with Crippen molar-refractivity contribution in [3.8, 4) is 5.69 Å². The lowest BCUT2D eigenvalue weighted by molar-refractivity contribution is -0.141. The molecule has 1 aromatic carbocycles. The smallest absolute Gasteiger partial charge is 0.286 e. The zero-order chi connectivity index (χ0) is 14.4. The molecule has 0 amide bonds. The van der Waals surface area contributed by atoms with Crippen LogP contribution in [0.3, 0.4) is 0 Å². The van der Waals surface area contributed by atoms with E-state index < -0.39 is 17.4 Å². The van der Waals surface area contributed by atoms with E-state index in [-0.39, 0.29) is 5.56 Å². The van der Waals surface area contributed by atoms with Crippen molar-refractivity contribution >= 4 is 0 Å². The molecule has 0 radical (unpaired) electrons. The van der Waals surface area contributed by atoms with E-state index in [9.17, 15) is 18.0 Å². The Labute approximate surface area is 107 Å². The molecule has 2 rings (SSSR count). The fourth-order valence-corrected chi connectivity index (χ4v) is 1.93. The highest BCUT2D eigenvalue weighted by Crippen LogP contribution is 2.29. The van der Waals surface area contributed by atoms with Crippen molar-refractivity contribution in [1.29, 1.82) is 0 Å². The molecular weight excluding hydrogens is 257 g/mol. The van der Waals surface area contributed by atoms with Gasteiger partial charge in [0.15, 0.2) is 0 Å². The van der Waals surface area contributed by atoms with E-state index in [0.717, 1.165) is 15.8 Å². The summed E-state index contributed by atoms with van der Waals surface area (Å²) in [6, 6.07) is 5.28. The van der Waals surface area contributed by atoms with Crippen LogP contribution in [-0.2, 0) is 6.18 Å². The number of aromatic amines is 1. The van der Waals surface area contributed by atoms with Gasteiger partial charge in [0.2, 0.25) is 0 Å². The Morgan fingerprint density at radius 1 is 1.16 bits per heavy atom. The molecule has 0 saturated heterocycles. The second-order valence-electron chi connectivity index (χ2n) is 4.54. The van der Waals surface area contributed by atoms with Crippen molar-refractivity contribution in [2.24, 2.45) is 0 Å². The van der Waals surface area contributed by atoms with Gasteiger partial charge >= 0.3 is 6.18 Å². The number of nitrogens with one attached hydrogen (secondary N) is 1. The summed E-state index contributed by atoms with van der Waals surface area (Å²) in [5.74, 6) is 0. The third-order valence-electron chi connectivity index (χ3n) is 3.01. The summed E-state index contributed by atoms with van der Waals surface area (Å²) in [5.41, 5.74) is 0.0208. The van der Waals surface area contributed by atoms with Crippen LogP contribution in [0.2, 0.25) is 0 Å². The maximum absolute atomic E-state index is 12.8. The number of alkyl halides is 3. The first-order valence-corrected chi connectivity index (χ1v) is 5.68. The summed E-state index contributed by atoms with van der Waals surface area (Å²) in [6.45, 7) is 4.72. The van der Waals surface area contributed by atoms with Gasteiger partial charge in [-0.05, 0) is 38.0 Å². The molecule has 0 spiro atoms. The highest BCUT2D eigenvalue weighted by molar-refractivity contribution is 5.43. The number of aromatic nitrogens is 2. The molecule has 0 fully saturated rings. The van der Waals surface area contributed by atoms with E-state index in [0.29, 0.717) is 5.69 Å². The number of halogens is 3. The standard InChI is InChI=1S/C13H13F3N2O/c1-7-4-5-8(2)10(6-7)18-12(19)9(3)11(17-18)13(14,15)16/h4-6,17H,1-3H3. The predicted molar refractivity (Wildman–Crippen MR) is 65.6 cm³/mol. The summed E-state index contributed by atoms with van der Waals surface area (Å²) in [5, 5.41) is 2.15. The van der Waals surface area contributed by atoms with Crippen LogP contribution in [0.25, 0.3) is 5.69 Å². The van der Waals surface area contributed by atoms with E-state index in [2.05, 4.69) is 5.10 Å². The van der Waals surface area contributed by atoms with Gasteiger partial charge < -0.3 is 0 Å². The van der Waals surface area contributed by atoms with Gasteiger partial charge in [0, 0.05) is 5.56 Å². The molecule has 2 aromatic rings. The predicted octanol–water partition coefficient (Wildman–Crippen LogP) is 3.11. The first-order chi connectivity index (χ1) is 8.71. The molecule has 0 saturated carbocycles. The minimum absolute atomic E-state index is 0.326. The zero-order valence-electron chi connectivity index (χ0n) is 10.7. The van der Waals surface area contributed by atoms with Crippen LogP contribution in [0.5, 0.6) is 0 Å². The lowest BCUT2D eigenvalue weighted by Gasteiger charge is -2.08. The molecule has 1 heterocycles. The lowest BCUT2D eigenvalue weighted by Crippen LogP contribution is -2.16. The van der Waals surface area contributed by atoms with Gasteiger partial charge in [0.05, 0.1) is 5.69 Å². The van der Waals surface area contributed by atoms with Gasteiger partial charge in [-0.1, -0.05) is 12.1 Å². The Hall–Kier alpha value is -1.98. The first kappa shape index (κ1) is 13.5. The molecule has 19 heavy (non-hydrogen) atoms. The monoisotopic (exact) mass is 270 g/mol. The van der Waals surface area contributed by atoms with Crippen LogP contribution < -0.4 is 5.56 Å². The van der Waals surface area contributed by atoms with Gasteiger partial charge in [-0.3, -0.25) is 9.89 Å². The molecule has 0 aliphatic rings. The fraction of sp³-hybridized carbons (Fsp3) is 0.308. The molecule has 0 bridgehead atoms. The average Bonchev–Trinajstić information content (AvgIpc) is 2.59. The van der Waals surface area contributed by atoms with Gasteiger partial charge in [-0.15, -0.1) is 0 Å². The topological polar surface area (TPSA) is 37.8 Å². The third kappa shape index (κ3) is 2.30. The van der Waals surface area contributed by atoms with Crippen LogP contribution >= 0.6 is 0 Å². The summed E-state index contributed by atoms with van der Waals surface area (Å²) in [7, 11) is 0. The van der Waals surface area contributed by atoms with Gasteiger partial charge in [0.1, 0.15) is 5.69 Å². The van der Waals surface area contributed by atoms with Crippen molar-refractivity contribution in [1.82, 2.24) is 9.78 Å². The fourth-order valence-electron chi connectivity index (χ4n) is 1.93. The Morgan fingerprint density at radius 3 is 2.32 bits per heavy atom. The van der Waals surface area contributed by atoms with E-state index in [4.69, 9.17) is 0 Å². The highest BCUT2D eigenvalue weighted by Gasteiger charge is 2.36. The number of nitrogens with zero attached hydrogens (tertiary/aromatic N) is 1. The Balaban J connectivity index is 2.71. The minimum Gasteiger partial charge on any atom is -0.286 e. The Kier molecular flexibility index (Phi) is 3.04.